The lowest BCUT2D eigenvalue weighted by atomic mass is 9.99. The Labute approximate surface area is 142 Å². The van der Waals surface area contributed by atoms with Gasteiger partial charge in [-0.25, -0.2) is 4.79 Å². The summed E-state index contributed by atoms with van der Waals surface area (Å²) < 4.78 is 5.79. The average molecular weight is 325 g/mol. The summed E-state index contributed by atoms with van der Waals surface area (Å²) in [6.45, 7) is 1.35. The van der Waals surface area contributed by atoms with E-state index >= 15 is 0 Å². The van der Waals surface area contributed by atoms with Crippen LogP contribution < -0.4 is 10.6 Å². The van der Waals surface area contributed by atoms with Gasteiger partial charge in [0.15, 0.2) is 0 Å². The standard InChI is InChI=1S/C19H23N3O2/c23-19(21-13-10-15-8-11-20-12-9-15)22-18(17-7-4-14-24-17)16-5-2-1-3-6-16/h1-3,5-6,8-9,11-12,17-18H,4,7,10,13-14H2,(H2,21,22,23)/t17-,18+/m0/s1. The summed E-state index contributed by atoms with van der Waals surface area (Å²) in [6.07, 6.45) is 6.36. The molecule has 2 amide bonds. The zero-order valence-corrected chi connectivity index (χ0v) is 13.7. The van der Waals surface area contributed by atoms with Gasteiger partial charge in [0.25, 0.3) is 0 Å². The second kappa shape index (κ2) is 8.45. The van der Waals surface area contributed by atoms with E-state index in [0.29, 0.717) is 6.54 Å². The predicted octanol–water partition coefficient (Wildman–Crippen LogP) is 2.84. The maximum Gasteiger partial charge on any atom is 0.315 e. The van der Waals surface area contributed by atoms with Gasteiger partial charge in [-0.2, -0.15) is 0 Å². The molecule has 0 bridgehead atoms. The number of pyridine rings is 1. The molecule has 2 aromatic rings. The summed E-state index contributed by atoms with van der Waals surface area (Å²) in [5.74, 6) is 0. The molecule has 5 nitrogen and oxygen atoms in total. The largest absolute Gasteiger partial charge is 0.376 e. The lowest BCUT2D eigenvalue weighted by Gasteiger charge is -2.25. The molecule has 5 heteroatoms. The maximum absolute atomic E-state index is 12.3. The highest BCUT2D eigenvalue weighted by atomic mass is 16.5. The highest BCUT2D eigenvalue weighted by Gasteiger charge is 2.28. The van der Waals surface area contributed by atoms with Gasteiger partial charge in [0.05, 0.1) is 12.1 Å². The van der Waals surface area contributed by atoms with Crippen LogP contribution in [0.2, 0.25) is 0 Å². The lowest BCUT2D eigenvalue weighted by Crippen LogP contribution is -2.42. The van der Waals surface area contributed by atoms with Gasteiger partial charge in [-0.05, 0) is 42.5 Å². The Balaban J connectivity index is 1.55. The van der Waals surface area contributed by atoms with Gasteiger partial charge in [0.2, 0.25) is 0 Å². The average Bonchev–Trinajstić information content (AvgIpc) is 3.16. The molecule has 1 aromatic carbocycles. The van der Waals surface area contributed by atoms with Crippen molar-refractivity contribution in [1.82, 2.24) is 15.6 Å². The molecule has 3 rings (SSSR count). The smallest absolute Gasteiger partial charge is 0.315 e. The van der Waals surface area contributed by atoms with E-state index in [-0.39, 0.29) is 18.2 Å². The molecular formula is C19H23N3O2. The van der Waals surface area contributed by atoms with Crippen LogP contribution in [-0.2, 0) is 11.2 Å². The minimum atomic E-state index is -0.159. The first kappa shape index (κ1) is 16.5. The second-order valence-electron chi connectivity index (χ2n) is 5.95. The normalized spacial score (nSPS) is 18.1. The van der Waals surface area contributed by atoms with Crippen molar-refractivity contribution in [2.45, 2.75) is 31.4 Å². The first-order valence-electron chi connectivity index (χ1n) is 8.43. The van der Waals surface area contributed by atoms with E-state index in [1.165, 1.54) is 0 Å². The Morgan fingerprint density at radius 2 is 2.00 bits per heavy atom. The maximum atomic E-state index is 12.3. The van der Waals surface area contributed by atoms with Crippen molar-refractivity contribution in [2.24, 2.45) is 0 Å². The third-order valence-corrected chi connectivity index (χ3v) is 4.23. The van der Waals surface area contributed by atoms with Gasteiger partial charge in [-0.1, -0.05) is 30.3 Å². The molecule has 1 saturated heterocycles. The SMILES string of the molecule is O=C(NCCc1ccncc1)N[C@H](c1ccccc1)[C@@H]1CCCO1. The Morgan fingerprint density at radius 3 is 2.71 bits per heavy atom. The van der Waals surface area contributed by atoms with Crippen molar-refractivity contribution in [3.63, 3.8) is 0 Å². The van der Waals surface area contributed by atoms with Crippen LogP contribution in [-0.4, -0.2) is 30.3 Å². The first-order chi connectivity index (χ1) is 11.8. The molecule has 0 unspecified atom stereocenters. The summed E-state index contributed by atoms with van der Waals surface area (Å²) in [5.41, 5.74) is 2.23. The van der Waals surface area contributed by atoms with E-state index in [2.05, 4.69) is 15.6 Å². The zero-order chi connectivity index (χ0) is 16.6. The molecule has 1 aliphatic rings. The van der Waals surface area contributed by atoms with Crippen LogP contribution >= 0.6 is 0 Å². The number of aromatic nitrogens is 1. The second-order valence-corrected chi connectivity index (χ2v) is 5.95. The number of carbonyl (C=O) groups excluding carboxylic acids is 1. The highest BCUT2D eigenvalue weighted by Crippen LogP contribution is 2.26. The third kappa shape index (κ3) is 4.55. The monoisotopic (exact) mass is 325 g/mol. The first-order valence-corrected chi connectivity index (χ1v) is 8.43. The number of benzene rings is 1. The summed E-state index contributed by atoms with van der Waals surface area (Å²) >= 11 is 0. The van der Waals surface area contributed by atoms with Crippen molar-refractivity contribution < 1.29 is 9.53 Å². The molecule has 24 heavy (non-hydrogen) atoms. The minimum Gasteiger partial charge on any atom is -0.376 e. The molecule has 2 heterocycles. The van der Waals surface area contributed by atoms with Crippen LogP contribution in [0.1, 0.15) is 30.0 Å². The van der Waals surface area contributed by atoms with E-state index in [1.54, 1.807) is 12.4 Å². The molecule has 2 atom stereocenters. The molecule has 0 radical (unpaired) electrons. The molecule has 2 N–H and O–H groups in total. The van der Waals surface area contributed by atoms with Crippen molar-refractivity contribution in [3.8, 4) is 0 Å². The van der Waals surface area contributed by atoms with Gasteiger partial charge in [-0.15, -0.1) is 0 Å². The summed E-state index contributed by atoms with van der Waals surface area (Å²) in [6, 6.07) is 13.7. The van der Waals surface area contributed by atoms with E-state index in [9.17, 15) is 4.79 Å². The molecule has 0 spiro atoms. The Hall–Kier alpha value is -2.40. The van der Waals surface area contributed by atoms with Crippen LogP contribution in [0.25, 0.3) is 0 Å². The molecular weight excluding hydrogens is 302 g/mol. The van der Waals surface area contributed by atoms with Crippen molar-refractivity contribution in [2.75, 3.05) is 13.2 Å². The van der Waals surface area contributed by atoms with Crippen LogP contribution in [0.3, 0.4) is 0 Å². The highest BCUT2D eigenvalue weighted by molar-refractivity contribution is 5.74. The van der Waals surface area contributed by atoms with E-state index in [1.807, 2.05) is 42.5 Å². The van der Waals surface area contributed by atoms with Crippen LogP contribution in [0.4, 0.5) is 4.79 Å². The fourth-order valence-electron chi connectivity index (χ4n) is 2.98. The van der Waals surface area contributed by atoms with E-state index in [4.69, 9.17) is 4.74 Å². The number of ether oxygens (including phenoxy) is 1. The number of hydrogen-bond acceptors (Lipinski definition) is 3. The van der Waals surface area contributed by atoms with Crippen LogP contribution in [0, 0.1) is 0 Å². The van der Waals surface area contributed by atoms with Crippen LogP contribution in [0.15, 0.2) is 54.9 Å². The summed E-state index contributed by atoms with van der Waals surface area (Å²) in [4.78, 5) is 16.3. The Kier molecular flexibility index (Phi) is 5.80. The Morgan fingerprint density at radius 1 is 1.21 bits per heavy atom. The van der Waals surface area contributed by atoms with Gasteiger partial charge < -0.3 is 15.4 Å². The number of rotatable bonds is 6. The number of amides is 2. The quantitative estimate of drug-likeness (QED) is 0.858. The Bertz CT molecular complexity index is 628. The number of hydrogen-bond donors (Lipinski definition) is 2. The van der Waals surface area contributed by atoms with Crippen molar-refractivity contribution in [3.05, 3.63) is 66.0 Å². The van der Waals surface area contributed by atoms with E-state index < -0.39 is 0 Å². The zero-order valence-electron chi connectivity index (χ0n) is 13.7. The molecule has 0 saturated carbocycles. The lowest BCUT2D eigenvalue weighted by molar-refractivity contribution is 0.0807. The summed E-state index contributed by atoms with van der Waals surface area (Å²) in [7, 11) is 0. The van der Waals surface area contributed by atoms with Gasteiger partial charge in [0, 0.05) is 25.5 Å². The molecule has 1 fully saturated rings. The molecule has 126 valence electrons. The number of urea groups is 1. The minimum absolute atomic E-state index is 0.0401. The molecule has 1 aromatic heterocycles. The summed E-state index contributed by atoms with van der Waals surface area (Å²) in [5, 5.41) is 6.00. The molecule has 0 aliphatic carbocycles. The molecule has 1 aliphatic heterocycles. The third-order valence-electron chi connectivity index (χ3n) is 4.23. The predicted molar refractivity (Wildman–Crippen MR) is 92.6 cm³/mol. The number of carbonyl (C=O) groups is 1. The van der Waals surface area contributed by atoms with E-state index in [0.717, 1.165) is 37.0 Å². The fraction of sp³-hybridized carbons (Fsp3) is 0.368. The number of nitrogens with zero attached hydrogens (tertiary/aromatic N) is 1. The van der Waals surface area contributed by atoms with Crippen LogP contribution in [0.5, 0.6) is 0 Å². The topological polar surface area (TPSA) is 63.2 Å². The number of nitrogens with one attached hydrogen (secondary N) is 2. The van der Waals surface area contributed by atoms with Crippen molar-refractivity contribution >= 4 is 6.03 Å². The van der Waals surface area contributed by atoms with Crippen molar-refractivity contribution in [1.29, 1.82) is 0 Å². The fourth-order valence-corrected chi connectivity index (χ4v) is 2.98. The van der Waals surface area contributed by atoms with Gasteiger partial charge in [-0.3, -0.25) is 4.98 Å². The van der Waals surface area contributed by atoms with Gasteiger partial charge >= 0.3 is 6.03 Å². The van der Waals surface area contributed by atoms with Gasteiger partial charge in [0.1, 0.15) is 0 Å².